The quantitative estimate of drug-likeness (QED) is 0.684. The number of hydrogen-bond donors (Lipinski definition) is 2. The summed E-state index contributed by atoms with van der Waals surface area (Å²) in [6.07, 6.45) is 2.63. The number of aryl methyl sites for hydroxylation is 1. The van der Waals surface area contributed by atoms with Crippen molar-refractivity contribution in [2.24, 2.45) is 0 Å². The van der Waals surface area contributed by atoms with E-state index in [1.807, 2.05) is 13.0 Å². The molecule has 0 unspecified atom stereocenters. The van der Waals surface area contributed by atoms with Crippen LogP contribution in [0.2, 0.25) is 0 Å². The molecule has 1 fully saturated rings. The lowest BCUT2D eigenvalue weighted by molar-refractivity contribution is -0.885. The number of nitrogens with one attached hydrogen (secondary N) is 2. The van der Waals surface area contributed by atoms with E-state index < -0.39 is 0 Å². The minimum atomic E-state index is -0.256. The second-order valence-corrected chi connectivity index (χ2v) is 6.76. The zero-order chi connectivity index (χ0) is 17.9. The molecule has 4 rings (SSSR count). The summed E-state index contributed by atoms with van der Waals surface area (Å²) in [6.45, 7) is 6.53. The molecule has 136 valence electrons. The predicted octanol–water partition coefficient (Wildman–Crippen LogP) is 0.808. The lowest BCUT2D eigenvalue weighted by Crippen LogP contribution is -3.10. The fraction of sp³-hybridized carbons (Fsp3) is 0.444. The van der Waals surface area contributed by atoms with Gasteiger partial charge in [0.25, 0.3) is 0 Å². The van der Waals surface area contributed by atoms with Crippen molar-refractivity contribution >= 4 is 17.0 Å². The maximum Gasteiger partial charge on any atom is 0.184 e. The first-order chi connectivity index (χ1) is 12.7. The van der Waals surface area contributed by atoms with E-state index in [2.05, 4.69) is 25.6 Å². The summed E-state index contributed by atoms with van der Waals surface area (Å²) in [7, 11) is 0. The number of anilines is 1. The second-order valence-electron chi connectivity index (χ2n) is 6.76. The third-order valence-electron chi connectivity index (χ3n) is 4.83. The zero-order valence-electron chi connectivity index (χ0n) is 14.9. The molecule has 1 saturated heterocycles. The van der Waals surface area contributed by atoms with E-state index in [4.69, 9.17) is 0 Å². The van der Waals surface area contributed by atoms with E-state index in [0.717, 1.165) is 13.1 Å². The maximum atomic E-state index is 13.9. The molecule has 1 aliphatic rings. The first-order valence-corrected chi connectivity index (χ1v) is 9.09. The molecule has 2 aromatic heterocycles. The number of hydrogen-bond acceptors (Lipinski definition) is 5. The Morgan fingerprint density at radius 3 is 2.81 bits per heavy atom. The number of aromatic nitrogens is 5. The monoisotopic (exact) mass is 356 g/mol. The van der Waals surface area contributed by atoms with Gasteiger partial charge in [-0.2, -0.15) is 0 Å². The van der Waals surface area contributed by atoms with Gasteiger partial charge in [0.05, 0.1) is 32.7 Å². The lowest BCUT2D eigenvalue weighted by atomic mass is 10.2. The molecule has 1 aromatic carbocycles. The van der Waals surface area contributed by atoms with Gasteiger partial charge in [-0.15, -0.1) is 5.10 Å². The van der Waals surface area contributed by atoms with Crippen LogP contribution in [0.25, 0.3) is 11.2 Å². The average molecular weight is 356 g/mol. The molecule has 1 aliphatic heterocycles. The first-order valence-electron chi connectivity index (χ1n) is 9.09. The normalized spacial score (nSPS) is 15.0. The standard InChI is InChI=1S/C18H22FN7/c1-13-21-17(20-8-11-25-9-4-5-10-25)16-18(22-13)26(24-23-16)12-14-6-2-3-7-15(14)19/h2-3,6-7H,4-5,8-12H2,1H3,(H,20,21,22)/p+1. The third kappa shape index (κ3) is 3.50. The smallest absolute Gasteiger partial charge is 0.184 e. The summed E-state index contributed by atoms with van der Waals surface area (Å²) >= 11 is 0. The Hall–Kier alpha value is -2.61. The summed E-state index contributed by atoms with van der Waals surface area (Å²) in [5, 5.41) is 11.8. The summed E-state index contributed by atoms with van der Waals surface area (Å²) in [6, 6.07) is 6.68. The zero-order valence-corrected chi connectivity index (χ0v) is 14.9. The summed E-state index contributed by atoms with van der Waals surface area (Å²) in [4.78, 5) is 10.6. The average Bonchev–Trinajstić information content (AvgIpc) is 3.27. The van der Waals surface area contributed by atoms with E-state index in [0.29, 0.717) is 28.4 Å². The van der Waals surface area contributed by atoms with Crippen LogP contribution in [0, 0.1) is 12.7 Å². The molecule has 3 heterocycles. The van der Waals surface area contributed by atoms with Gasteiger partial charge < -0.3 is 10.2 Å². The first kappa shape index (κ1) is 16.8. The molecule has 0 atom stereocenters. The van der Waals surface area contributed by atoms with Gasteiger partial charge in [-0.1, -0.05) is 23.4 Å². The molecule has 2 N–H and O–H groups in total. The Morgan fingerprint density at radius 2 is 2.00 bits per heavy atom. The van der Waals surface area contributed by atoms with Crippen molar-refractivity contribution in [1.29, 1.82) is 0 Å². The van der Waals surface area contributed by atoms with E-state index >= 15 is 0 Å². The van der Waals surface area contributed by atoms with Gasteiger partial charge in [0.1, 0.15) is 11.6 Å². The number of halogens is 1. The van der Waals surface area contributed by atoms with Crippen LogP contribution in [0.1, 0.15) is 24.2 Å². The maximum absolute atomic E-state index is 13.9. The van der Waals surface area contributed by atoms with Crippen molar-refractivity contribution < 1.29 is 9.29 Å². The molecule has 26 heavy (non-hydrogen) atoms. The minimum Gasteiger partial charge on any atom is -0.362 e. The molecule has 0 aliphatic carbocycles. The number of nitrogens with zero attached hydrogens (tertiary/aromatic N) is 5. The predicted molar refractivity (Wildman–Crippen MR) is 96.6 cm³/mol. The van der Waals surface area contributed by atoms with Crippen molar-refractivity contribution in [1.82, 2.24) is 25.0 Å². The van der Waals surface area contributed by atoms with Crippen LogP contribution < -0.4 is 10.2 Å². The molecule has 0 bridgehead atoms. The van der Waals surface area contributed by atoms with Gasteiger partial charge >= 0.3 is 0 Å². The Labute approximate surface area is 151 Å². The molecule has 7 nitrogen and oxygen atoms in total. The Balaban J connectivity index is 1.55. The molecule has 0 radical (unpaired) electrons. The van der Waals surface area contributed by atoms with Crippen molar-refractivity contribution in [3.63, 3.8) is 0 Å². The molecule has 3 aromatic rings. The van der Waals surface area contributed by atoms with E-state index in [1.165, 1.54) is 32.0 Å². The van der Waals surface area contributed by atoms with Crippen LogP contribution in [0.5, 0.6) is 0 Å². The van der Waals surface area contributed by atoms with Crippen LogP contribution in [0.4, 0.5) is 10.2 Å². The number of quaternary nitrogens is 1. The number of fused-ring (bicyclic) bond motifs is 1. The van der Waals surface area contributed by atoms with Crippen molar-refractivity contribution in [3.8, 4) is 0 Å². The van der Waals surface area contributed by atoms with Crippen LogP contribution >= 0.6 is 0 Å². The highest BCUT2D eigenvalue weighted by Crippen LogP contribution is 2.18. The van der Waals surface area contributed by atoms with Gasteiger partial charge in [0.15, 0.2) is 17.0 Å². The van der Waals surface area contributed by atoms with E-state index in [-0.39, 0.29) is 12.4 Å². The summed E-state index contributed by atoms with van der Waals surface area (Å²) in [5.41, 5.74) is 1.81. The third-order valence-corrected chi connectivity index (χ3v) is 4.83. The number of rotatable bonds is 6. The van der Waals surface area contributed by atoms with E-state index in [1.54, 1.807) is 21.7 Å². The van der Waals surface area contributed by atoms with Crippen molar-refractivity contribution in [2.45, 2.75) is 26.3 Å². The molecular formula is C18H23FN7+. The fourth-order valence-electron chi connectivity index (χ4n) is 3.47. The molecular weight excluding hydrogens is 333 g/mol. The van der Waals surface area contributed by atoms with Gasteiger partial charge in [0.2, 0.25) is 0 Å². The van der Waals surface area contributed by atoms with Crippen LogP contribution in [-0.2, 0) is 6.54 Å². The van der Waals surface area contributed by atoms with Crippen molar-refractivity contribution in [3.05, 3.63) is 41.5 Å². The topological polar surface area (TPSA) is 73.0 Å². The lowest BCUT2D eigenvalue weighted by Gasteiger charge is -2.13. The fourth-order valence-corrected chi connectivity index (χ4v) is 3.47. The SMILES string of the molecule is Cc1nc(NCC[NH+]2CCCC2)c2nnn(Cc3ccccc3F)c2n1. The summed E-state index contributed by atoms with van der Waals surface area (Å²) in [5.74, 6) is 1.09. The molecule has 0 spiro atoms. The Bertz CT molecular complexity index is 902. The van der Waals surface area contributed by atoms with Crippen LogP contribution in [0.15, 0.2) is 24.3 Å². The van der Waals surface area contributed by atoms with Crippen LogP contribution in [-0.4, -0.2) is 51.1 Å². The van der Waals surface area contributed by atoms with E-state index in [9.17, 15) is 4.39 Å². The van der Waals surface area contributed by atoms with Gasteiger partial charge in [-0.05, 0) is 13.0 Å². The van der Waals surface area contributed by atoms with Gasteiger partial charge in [-0.3, -0.25) is 0 Å². The van der Waals surface area contributed by atoms with Gasteiger partial charge in [-0.25, -0.2) is 19.0 Å². The summed E-state index contributed by atoms with van der Waals surface area (Å²) < 4.78 is 15.6. The highest BCUT2D eigenvalue weighted by Gasteiger charge is 2.17. The Morgan fingerprint density at radius 1 is 1.19 bits per heavy atom. The van der Waals surface area contributed by atoms with Gasteiger partial charge in [0, 0.05) is 18.4 Å². The Kier molecular flexibility index (Phi) is 4.75. The minimum absolute atomic E-state index is 0.256. The molecule has 0 saturated carbocycles. The highest BCUT2D eigenvalue weighted by atomic mass is 19.1. The molecule has 8 heteroatoms. The number of benzene rings is 1. The molecule has 0 amide bonds. The highest BCUT2D eigenvalue weighted by molar-refractivity contribution is 5.82. The van der Waals surface area contributed by atoms with Crippen molar-refractivity contribution in [2.75, 3.05) is 31.5 Å². The number of likely N-dealkylation sites (tertiary alicyclic amines) is 1. The second kappa shape index (κ2) is 7.33. The van der Waals surface area contributed by atoms with Crippen LogP contribution in [0.3, 0.4) is 0 Å². The largest absolute Gasteiger partial charge is 0.362 e.